The van der Waals surface area contributed by atoms with Crippen molar-refractivity contribution in [1.82, 2.24) is 4.90 Å². The van der Waals surface area contributed by atoms with E-state index in [1.54, 1.807) is 21.3 Å². The van der Waals surface area contributed by atoms with Gasteiger partial charge in [-0.25, -0.2) is 0 Å². The van der Waals surface area contributed by atoms with Crippen LogP contribution in [0.3, 0.4) is 0 Å². The molecule has 0 aromatic heterocycles. The third kappa shape index (κ3) is 3.17. The zero-order chi connectivity index (χ0) is 12.9. The third-order valence-corrected chi connectivity index (χ3v) is 3.78. The summed E-state index contributed by atoms with van der Waals surface area (Å²) < 4.78 is 16.2. The van der Waals surface area contributed by atoms with Crippen molar-refractivity contribution in [2.45, 2.75) is 37.7 Å². The van der Waals surface area contributed by atoms with Gasteiger partial charge in [0.1, 0.15) is 0 Å². The highest BCUT2D eigenvalue weighted by Crippen LogP contribution is 2.26. The van der Waals surface area contributed by atoms with Gasteiger partial charge in [0, 0.05) is 34.4 Å². The fraction of sp³-hybridized carbons (Fsp3) is 1.00. The van der Waals surface area contributed by atoms with Gasteiger partial charge < -0.3 is 19.9 Å². The average Bonchev–Trinajstić information content (AvgIpc) is 2.39. The van der Waals surface area contributed by atoms with Crippen molar-refractivity contribution in [1.29, 1.82) is 0 Å². The lowest BCUT2D eigenvalue weighted by Gasteiger charge is -2.47. The maximum Gasteiger partial charge on any atom is 0.176 e. The van der Waals surface area contributed by atoms with Crippen molar-refractivity contribution in [3.8, 4) is 0 Å². The summed E-state index contributed by atoms with van der Waals surface area (Å²) in [7, 11) is 5.07. The maximum atomic E-state index is 5.93. The van der Waals surface area contributed by atoms with Crippen LogP contribution in [-0.4, -0.2) is 63.8 Å². The van der Waals surface area contributed by atoms with E-state index in [0.717, 1.165) is 25.9 Å². The van der Waals surface area contributed by atoms with Crippen LogP contribution >= 0.6 is 0 Å². The van der Waals surface area contributed by atoms with E-state index in [4.69, 9.17) is 19.9 Å². The molecule has 2 unspecified atom stereocenters. The van der Waals surface area contributed by atoms with Crippen LogP contribution in [0.25, 0.3) is 0 Å². The Balaban J connectivity index is 2.76. The molecule has 1 rings (SSSR count). The molecule has 0 radical (unpaired) electrons. The van der Waals surface area contributed by atoms with E-state index in [2.05, 4.69) is 11.8 Å². The smallest absolute Gasteiger partial charge is 0.176 e. The van der Waals surface area contributed by atoms with Crippen molar-refractivity contribution < 1.29 is 14.2 Å². The molecule has 0 aliphatic carbocycles. The van der Waals surface area contributed by atoms with Gasteiger partial charge in [-0.3, -0.25) is 4.90 Å². The quantitative estimate of drug-likeness (QED) is 0.689. The zero-order valence-electron chi connectivity index (χ0n) is 11.4. The maximum absolute atomic E-state index is 5.93. The molecule has 0 aromatic rings. The first-order chi connectivity index (χ1) is 8.12. The van der Waals surface area contributed by atoms with E-state index >= 15 is 0 Å². The number of rotatable bonds is 6. The largest absolute Gasteiger partial charge is 0.380 e. The molecule has 0 spiro atoms. The minimum atomic E-state index is -0.317. The van der Waals surface area contributed by atoms with Gasteiger partial charge in [-0.2, -0.15) is 0 Å². The molecule has 1 aliphatic rings. The number of hydrogen-bond acceptors (Lipinski definition) is 5. The van der Waals surface area contributed by atoms with Crippen LogP contribution in [0.5, 0.6) is 0 Å². The van der Waals surface area contributed by atoms with Gasteiger partial charge in [0.05, 0.1) is 11.6 Å². The molecule has 102 valence electrons. The zero-order valence-corrected chi connectivity index (χ0v) is 11.4. The molecule has 1 aliphatic heterocycles. The monoisotopic (exact) mass is 246 g/mol. The lowest BCUT2D eigenvalue weighted by Crippen LogP contribution is -2.63. The molecule has 2 atom stereocenters. The molecule has 2 N–H and O–H groups in total. The van der Waals surface area contributed by atoms with Crippen molar-refractivity contribution >= 4 is 0 Å². The molecule has 1 heterocycles. The average molecular weight is 246 g/mol. The lowest BCUT2D eigenvalue weighted by atomic mass is 9.94. The van der Waals surface area contributed by atoms with E-state index in [1.807, 2.05) is 0 Å². The Morgan fingerprint density at radius 1 is 1.35 bits per heavy atom. The summed E-state index contributed by atoms with van der Waals surface area (Å²) in [6, 6.07) is 0. The van der Waals surface area contributed by atoms with Crippen molar-refractivity contribution in [2.24, 2.45) is 5.73 Å². The number of ether oxygens (including phenoxy) is 3. The topological polar surface area (TPSA) is 57.0 Å². The summed E-state index contributed by atoms with van der Waals surface area (Å²) in [5, 5.41) is 0. The molecule has 0 bridgehead atoms. The highest BCUT2D eigenvalue weighted by Gasteiger charge is 2.41. The Hall–Kier alpha value is -0.200. The summed E-state index contributed by atoms with van der Waals surface area (Å²) in [5.74, 6) is 0. The molecular formula is C12H26N2O3. The van der Waals surface area contributed by atoms with Crippen LogP contribution in [0, 0.1) is 0 Å². The summed E-state index contributed by atoms with van der Waals surface area (Å²) >= 11 is 0. The van der Waals surface area contributed by atoms with E-state index in [-0.39, 0.29) is 17.9 Å². The number of nitrogens with zero attached hydrogens (tertiary/aromatic N) is 1. The molecule has 1 saturated heterocycles. The minimum Gasteiger partial charge on any atom is -0.380 e. The summed E-state index contributed by atoms with van der Waals surface area (Å²) in [6.45, 7) is 4.47. The minimum absolute atomic E-state index is 0.281. The highest BCUT2D eigenvalue weighted by molar-refractivity contribution is 4.93. The molecule has 1 fully saturated rings. The Morgan fingerprint density at radius 3 is 2.47 bits per heavy atom. The second-order valence-corrected chi connectivity index (χ2v) is 4.81. The van der Waals surface area contributed by atoms with Crippen molar-refractivity contribution in [3.63, 3.8) is 0 Å². The first kappa shape index (κ1) is 14.9. The number of methoxy groups -OCH3 is 3. The second kappa shape index (κ2) is 6.66. The first-order valence-corrected chi connectivity index (χ1v) is 6.15. The lowest BCUT2D eigenvalue weighted by molar-refractivity contribution is -0.189. The summed E-state index contributed by atoms with van der Waals surface area (Å²) in [4.78, 5) is 2.32. The molecule has 0 aromatic carbocycles. The molecule has 17 heavy (non-hydrogen) atoms. The van der Waals surface area contributed by atoms with Gasteiger partial charge in [-0.05, 0) is 26.3 Å². The van der Waals surface area contributed by atoms with E-state index in [9.17, 15) is 0 Å². The van der Waals surface area contributed by atoms with Crippen LogP contribution in [0.2, 0.25) is 0 Å². The van der Waals surface area contributed by atoms with Crippen LogP contribution in [0.15, 0.2) is 0 Å². The summed E-state index contributed by atoms with van der Waals surface area (Å²) in [5.41, 5.74) is 5.63. The molecular weight excluding hydrogens is 220 g/mol. The number of likely N-dealkylation sites (tertiary alicyclic amines) is 1. The first-order valence-electron chi connectivity index (χ1n) is 6.15. The Labute approximate surface area is 104 Å². The van der Waals surface area contributed by atoms with Gasteiger partial charge in [-0.1, -0.05) is 0 Å². The normalized spacial score (nSPS) is 26.1. The molecule has 0 amide bonds. The van der Waals surface area contributed by atoms with Gasteiger partial charge in [0.25, 0.3) is 0 Å². The summed E-state index contributed by atoms with van der Waals surface area (Å²) in [6.07, 6.45) is 2.19. The number of hydrogen-bond donors (Lipinski definition) is 1. The Kier molecular flexibility index (Phi) is 5.82. The standard InChI is InChI=1S/C12H26N2O3/c1-12(9-13,11(16-3)17-4)14-7-5-6-10(8-14)15-2/h10-11H,5-9,13H2,1-4H3. The number of nitrogens with two attached hydrogens (primary N) is 1. The van der Waals surface area contributed by atoms with Gasteiger partial charge in [0.2, 0.25) is 0 Å². The van der Waals surface area contributed by atoms with Crippen molar-refractivity contribution in [3.05, 3.63) is 0 Å². The molecule has 5 heteroatoms. The van der Waals surface area contributed by atoms with E-state index < -0.39 is 0 Å². The Morgan fingerprint density at radius 2 is 2.00 bits per heavy atom. The van der Waals surface area contributed by atoms with Gasteiger partial charge in [0.15, 0.2) is 6.29 Å². The van der Waals surface area contributed by atoms with Crippen LogP contribution in [-0.2, 0) is 14.2 Å². The SMILES string of the molecule is COC1CCCN(C(C)(CN)C(OC)OC)C1. The van der Waals surface area contributed by atoms with Gasteiger partial charge in [-0.15, -0.1) is 0 Å². The third-order valence-electron chi connectivity index (χ3n) is 3.78. The fourth-order valence-electron chi connectivity index (χ4n) is 2.57. The fourth-order valence-corrected chi connectivity index (χ4v) is 2.57. The molecule has 0 saturated carbocycles. The van der Waals surface area contributed by atoms with E-state index in [0.29, 0.717) is 6.54 Å². The predicted octanol–water partition coefficient (Wildman–Crippen LogP) is 0.434. The van der Waals surface area contributed by atoms with Crippen LogP contribution in [0.1, 0.15) is 19.8 Å². The van der Waals surface area contributed by atoms with E-state index in [1.165, 1.54) is 0 Å². The van der Waals surface area contributed by atoms with Gasteiger partial charge >= 0.3 is 0 Å². The Bertz CT molecular complexity index is 224. The number of piperidine rings is 1. The van der Waals surface area contributed by atoms with Crippen LogP contribution < -0.4 is 5.73 Å². The second-order valence-electron chi connectivity index (χ2n) is 4.81. The molecule has 5 nitrogen and oxygen atoms in total. The predicted molar refractivity (Wildman–Crippen MR) is 66.9 cm³/mol. The van der Waals surface area contributed by atoms with Crippen molar-refractivity contribution in [2.75, 3.05) is 41.0 Å². The van der Waals surface area contributed by atoms with Crippen LogP contribution in [0.4, 0.5) is 0 Å². The highest BCUT2D eigenvalue weighted by atomic mass is 16.7.